The van der Waals surface area contributed by atoms with Crippen molar-refractivity contribution in [2.75, 3.05) is 20.0 Å². The fourth-order valence-electron chi connectivity index (χ4n) is 3.24. The molecule has 9 nitrogen and oxygen atoms in total. The number of fused-ring (bicyclic) bond motifs is 1. The summed E-state index contributed by atoms with van der Waals surface area (Å²) in [4.78, 5) is 28.6. The van der Waals surface area contributed by atoms with Crippen molar-refractivity contribution in [3.63, 3.8) is 0 Å². The van der Waals surface area contributed by atoms with Gasteiger partial charge in [-0.1, -0.05) is 16.9 Å². The number of thioether (sulfide) groups is 1. The Morgan fingerprint density at radius 3 is 2.90 bits per heavy atom. The minimum Gasteiger partial charge on any atom is -0.493 e. The van der Waals surface area contributed by atoms with Crippen LogP contribution in [-0.2, 0) is 11.3 Å². The number of carbonyl (C=O) groups excluding carboxylic acids is 1. The molecule has 3 aromatic rings. The van der Waals surface area contributed by atoms with Crippen LogP contribution in [0.15, 0.2) is 51.0 Å². The third-order valence-corrected chi connectivity index (χ3v) is 5.84. The van der Waals surface area contributed by atoms with E-state index in [4.69, 9.17) is 14.0 Å². The lowest BCUT2D eigenvalue weighted by Crippen LogP contribution is -2.30. The SMILES string of the molecule is COc1ccc(-c2cc(CNC(=O)CC3CSc4nccc(=O)n43)no2)cc1OC. The van der Waals surface area contributed by atoms with Crippen LogP contribution in [0.5, 0.6) is 11.5 Å². The summed E-state index contributed by atoms with van der Waals surface area (Å²) in [6.07, 6.45) is 1.69. The highest BCUT2D eigenvalue weighted by Crippen LogP contribution is 2.33. The van der Waals surface area contributed by atoms with Crippen LogP contribution >= 0.6 is 11.8 Å². The Balaban J connectivity index is 1.37. The number of carbonyl (C=O) groups is 1. The molecule has 0 radical (unpaired) electrons. The summed E-state index contributed by atoms with van der Waals surface area (Å²) in [5, 5.41) is 7.49. The van der Waals surface area contributed by atoms with Gasteiger partial charge in [0.05, 0.1) is 26.8 Å². The van der Waals surface area contributed by atoms with Crippen LogP contribution in [0.3, 0.4) is 0 Å². The molecular formula is C20H20N4O5S. The molecule has 0 aliphatic carbocycles. The zero-order valence-corrected chi connectivity index (χ0v) is 17.3. The highest BCUT2D eigenvalue weighted by Gasteiger charge is 2.26. The van der Waals surface area contributed by atoms with E-state index in [0.717, 1.165) is 5.56 Å². The number of nitrogens with one attached hydrogen (secondary N) is 1. The van der Waals surface area contributed by atoms with Crippen molar-refractivity contribution in [3.8, 4) is 22.8 Å². The van der Waals surface area contributed by atoms with Gasteiger partial charge in [0.2, 0.25) is 5.91 Å². The van der Waals surface area contributed by atoms with E-state index in [1.54, 1.807) is 37.0 Å². The van der Waals surface area contributed by atoms with Gasteiger partial charge in [-0.25, -0.2) is 4.98 Å². The van der Waals surface area contributed by atoms with Crippen molar-refractivity contribution in [1.29, 1.82) is 0 Å². The number of hydrogen-bond acceptors (Lipinski definition) is 8. The molecular weight excluding hydrogens is 408 g/mol. The minimum absolute atomic E-state index is 0.140. The Hall–Kier alpha value is -3.27. The molecule has 1 aliphatic rings. The summed E-state index contributed by atoms with van der Waals surface area (Å²) < 4.78 is 17.5. The predicted octanol–water partition coefficient (Wildman–Crippen LogP) is 2.27. The maximum atomic E-state index is 12.4. The Morgan fingerprint density at radius 2 is 2.10 bits per heavy atom. The number of methoxy groups -OCH3 is 2. The molecule has 1 amide bonds. The zero-order chi connectivity index (χ0) is 21.1. The lowest BCUT2D eigenvalue weighted by Gasteiger charge is -2.12. The van der Waals surface area contributed by atoms with Gasteiger partial charge in [0.1, 0.15) is 5.69 Å². The van der Waals surface area contributed by atoms with Gasteiger partial charge in [-0.05, 0) is 18.2 Å². The zero-order valence-electron chi connectivity index (χ0n) is 16.5. The molecule has 2 aromatic heterocycles. The largest absolute Gasteiger partial charge is 0.493 e. The molecule has 3 heterocycles. The lowest BCUT2D eigenvalue weighted by molar-refractivity contribution is -0.121. The van der Waals surface area contributed by atoms with Gasteiger partial charge in [0.15, 0.2) is 22.4 Å². The molecule has 10 heteroatoms. The van der Waals surface area contributed by atoms with Gasteiger partial charge in [-0.15, -0.1) is 0 Å². The number of rotatable bonds is 7. The third-order valence-electron chi connectivity index (χ3n) is 4.73. The third kappa shape index (κ3) is 4.04. The van der Waals surface area contributed by atoms with E-state index in [-0.39, 0.29) is 30.5 Å². The maximum Gasteiger partial charge on any atom is 0.254 e. The van der Waals surface area contributed by atoms with Crippen molar-refractivity contribution in [1.82, 2.24) is 20.0 Å². The van der Waals surface area contributed by atoms with E-state index in [9.17, 15) is 9.59 Å². The van der Waals surface area contributed by atoms with E-state index in [1.165, 1.54) is 24.0 Å². The molecule has 1 atom stereocenters. The topological polar surface area (TPSA) is 108 Å². The molecule has 0 bridgehead atoms. The van der Waals surface area contributed by atoms with Crippen molar-refractivity contribution < 1.29 is 18.8 Å². The predicted molar refractivity (Wildman–Crippen MR) is 110 cm³/mol. The summed E-state index contributed by atoms with van der Waals surface area (Å²) in [6.45, 7) is 0.226. The first-order valence-electron chi connectivity index (χ1n) is 9.24. The first-order valence-corrected chi connectivity index (χ1v) is 10.2. The molecule has 1 aliphatic heterocycles. The van der Waals surface area contributed by atoms with Crippen molar-refractivity contribution >= 4 is 17.7 Å². The monoisotopic (exact) mass is 428 g/mol. The van der Waals surface area contributed by atoms with Gasteiger partial charge in [-0.2, -0.15) is 0 Å². The number of hydrogen-bond donors (Lipinski definition) is 1. The van der Waals surface area contributed by atoms with Crippen molar-refractivity contribution in [2.24, 2.45) is 0 Å². The van der Waals surface area contributed by atoms with Crippen molar-refractivity contribution in [2.45, 2.75) is 24.2 Å². The Morgan fingerprint density at radius 1 is 1.27 bits per heavy atom. The quantitative estimate of drug-likeness (QED) is 0.571. The van der Waals surface area contributed by atoms with Crippen molar-refractivity contribution in [3.05, 3.63) is 52.6 Å². The van der Waals surface area contributed by atoms with Gasteiger partial charge in [0.25, 0.3) is 5.56 Å². The summed E-state index contributed by atoms with van der Waals surface area (Å²) in [5.74, 6) is 2.24. The minimum atomic E-state index is -0.203. The summed E-state index contributed by atoms with van der Waals surface area (Å²) >= 11 is 1.48. The number of aromatic nitrogens is 3. The number of benzene rings is 1. The first-order chi connectivity index (χ1) is 14.6. The molecule has 30 heavy (non-hydrogen) atoms. The second-order valence-corrected chi connectivity index (χ2v) is 7.62. The van der Waals surface area contributed by atoms with Gasteiger partial charge in [0, 0.05) is 36.1 Å². The lowest BCUT2D eigenvalue weighted by atomic mass is 10.1. The molecule has 0 saturated heterocycles. The fourth-order valence-corrected chi connectivity index (χ4v) is 4.36. The molecule has 1 aromatic carbocycles. The average Bonchev–Trinajstić information content (AvgIpc) is 3.40. The summed E-state index contributed by atoms with van der Waals surface area (Å²) in [6, 6.07) is 8.38. The smallest absolute Gasteiger partial charge is 0.254 e. The Kier molecular flexibility index (Phi) is 5.75. The van der Waals surface area contributed by atoms with Gasteiger partial charge < -0.3 is 19.3 Å². The summed E-state index contributed by atoms with van der Waals surface area (Å²) in [7, 11) is 3.14. The number of ether oxygens (including phenoxy) is 2. The highest BCUT2D eigenvalue weighted by molar-refractivity contribution is 7.99. The summed E-state index contributed by atoms with van der Waals surface area (Å²) in [5.41, 5.74) is 1.23. The van der Waals surface area contributed by atoms with Crippen LogP contribution in [0, 0.1) is 0 Å². The normalized spacial score (nSPS) is 14.9. The Bertz CT molecular complexity index is 1130. The molecule has 1 N–H and O–H groups in total. The highest BCUT2D eigenvalue weighted by atomic mass is 32.2. The molecule has 156 valence electrons. The second-order valence-electron chi connectivity index (χ2n) is 6.63. The number of amides is 1. The standard InChI is InChI=1S/C20H20N4O5S/c1-27-15-4-3-12(7-17(15)28-2)16-8-13(23-29-16)10-22-18(25)9-14-11-30-20-21-6-5-19(26)24(14)20/h3-8,14H,9-11H2,1-2H3,(H,22,25). The van der Waals surface area contributed by atoms with E-state index >= 15 is 0 Å². The van der Waals surface area contributed by atoms with E-state index in [2.05, 4.69) is 15.5 Å². The van der Waals surface area contributed by atoms with Crippen LogP contribution < -0.4 is 20.3 Å². The van der Waals surface area contributed by atoms with Crippen LogP contribution in [0.1, 0.15) is 18.2 Å². The number of nitrogens with zero attached hydrogens (tertiary/aromatic N) is 3. The molecule has 0 spiro atoms. The molecule has 1 unspecified atom stereocenters. The Labute approximate surface area is 176 Å². The van der Waals surface area contributed by atoms with Gasteiger partial charge >= 0.3 is 0 Å². The van der Waals surface area contributed by atoms with E-state index in [0.29, 0.717) is 33.9 Å². The van der Waals surface area contributed by atoms with Gasteiger partial charge in [-0.3, -0.25) is 14.2 Å². The van der Waals surface area contributed by atoms with E-state index < -0.39 is 0 Å². The average molecular weight is 428 g/mol. The first kappa shape index (κ1) is 20.0. The molecule has 0 saturated carbocycles. The van der Waals surface area contributed by atoms with Crippen LogP contribution in [0.25, 0.3) is 11.3 Å². The molecule has 0 fully saturated rings. The maximum absolute atomic E-state index is 12.4. The van der Waals surface area contributed by atoms with Crippen LogP contribution in [0.2, 0.25) is 0 Å². The molecule has 4 rings (SSSR count). The van der Waals surface area contributed by atoms with Crippen LogP contribution in [-0.4, -0.2) is 40.6 Å². The van der Waals surface area contributed by atoms with Crippen LogP contribution in [0.4, 0.5) is 0 Å². The van der Waals surface area contributed by atoms with E-state index in [1.807, 2.05) is 6.07 Å². The second kappa shape index (κ2) is 8.62. The fraction of sp³-hybridized carbons (Fsp3) is 0.300.